The van der Waals surface area contributed by atoms with Gasteiger partial charge in [0.1, 0.15) is 0 Å². The lowest BCUT2D eigenvalue weighted by Crippen LogP contribution is -2.49. The number of allylic oxidation sites excluding steroid dienone is 2. The van der Waals surface area contributed by atoms with Crippen LogP contribution in [0.3, 0.4) is 0 Å². The number of halogens is 6. The maximum absolute atomic E-state index is 14.5. The van der Waals surface area contributed by atoms with Gasteiger partial charge < -0.3 is 0 Å². The van der Waals surface area contributed by atoms with Gasteiger partial charge >= 0.3 is 17.8 Å². The van der Waals surface area contributed by atoms with Crippen LogP contribution in [-0.4, -0.2) is 27.7 Å². The number of hydrogen-bond donors (Lipinski definition) is 0. The highest BCUT2D eigenvalue weighted by Crippen LogP contribution is 2.65. The van der Waals surface area contributed by atoms with Crippen LogP contribution < -0.4 is 0 Å². The first kappa shape index (κ1) is 18.4. The number of thiazole rings is 2. The number of aromatic nitrogens is 2. The van der Waals surface area contributed by atoms with Crippen LogP contribution in [0.5, 0.6) is 0 Å². The Morgan fingerprint density at radius 2 is 0.960 bits per heavy atom. The lowest BCUT2D eigenvalue weighted by molar-refractivity contribution is -0.254. The van der Waals surface area contributed by atoms with Crippen molar-refractivity contribution in [3.63, 3.8) is 0 Å². The number of alkyl halides is 6. The second-order valence-corrected chi connectivity index (χ2v) is 8.56. The SMILES string of the molecule is Cc1nc(C2=C(c3nc(C)sc3C)C(F)(F)C(F)(F)C2(F)F)c(C)s1. The van der Waals surface area contributed by atoms with Crippen molar-refractivity contribution >= 4 is 33.8 Å². The summed E-state index contributed by atoms with van der Waals surface area (Å²) in [6.45, 7) is 5.74. The smallest absolute Gasteiger partial charge is 0.241 e. The van der Waals surface area contributed by atoms with E-state index in [-0.39, 0.29) is 9.75 Å². The highest BCUT2D eigenvalue weighted by atomic mass is 32.1. The summed E-state index contributed by atoms with van der Waals surface area (Å²) in [4.78, 5) is 7.98. The second kappa shape index (κ2) is 5.29. The quantitative estimate of drug-likeness (QED) is 0.610. The zero-order chi connectivity index (χ0) is 18.9. The molecule has 0 aromatic carbocycles. The summed E-state index contributed by atoms with van der Waals surface area (Å²) in [5.74, 6) is -15.7. The molecule has 25 heavy (non-hydrogen) atoms. The van der Waals surface area contributed by atoms with Crippen molar-refractivity contribution in [1.82, 2.24) is 9.97 Å². The van der Waals surface area contributed by atoms with Crippen LogP contribution in [0, 0.1) is 27.7 Å². The van der Waals surface area contributed by atoms with E-state index in [0.717, 1.165) is 22.7 Å². The van der Waals surface area contributed by atoms with E-state index < -0.39 is 40.3 Å². The Bertz CT molecular complexity index is 824. The van der Waals surface area contributed by atoms with Crippen LogP contribution in [0.4, 0.5) is 26.3 Å². The molecule has 0 saturated heterocycles. The minimum Gasteiger partial charge on any atom is -0.241 e. The van der Waals surface area contributed by atoms with E-state index in [0.29, 0.717) is 10.0 Å². The molecule has 0 N–H and O–H groups in total. The molecule has 2 aromatic heterocycles. The van der Waals surface area contributed by atoms with E-state index in [1.807, 2.05) is 0 Å². The van der Waals surface area contributed by atoms with Crippen molar-refractivity contribution in [2.45, 2.75) is 45.5 Å². The van der Waals surface area contributed by atoms with Crippen LogP contribution in [-0.2, 0) is 0 Å². The number of nitrogens with zero attached hydrogens (tertiary/aromatic N) is 2. The highest BCUT2D eigenvalue weighted by molar-refractivity contribution is 7.12. The third kappa shape index (κ3) is 2.29. The van der Waals surface area contributed by atoms with Gasteiger partial charge in [-0.25, -0.2) is 9.97 Å². The zero-order valence-electron chi connectivity index (χ0n) is 13.5. The molecule has 0 aliphatic heterocycles. The normalized spacial score (nSPS) is 21.2. The Morgan fingerprint density at radius 1 is 0.640 bits per heavy atom. The average Bonchev–Trinajstić information content (AvgIpc) is 2.98. The van der Waals surface area contributed by atoms with E-state index in [2.05, 4.69) is 9.97 Å². The van der Waals surface area contributed by atoms with Gasteiger partial charge in [0.25, 0.3) is 0 Å². The Morgan fingerprint density at radius 3 is 1.20 bits per heavy atom. The van der Waals surface area contributed by atoms with Crippen LogP contribution in [0.1, 0.15) is 31.2 Å². The summed E-state index contributed by atoms with van der Waals surface area (Å²) in [6, 6.07) is 0. The fourth-order valence-corrected chi connectivity index (χ4v) is 4.53. The van der Waals surface area contributed by atoms with E-state index in [9.17, 15) is 26.3 Å². The van der Waals surface area contributed by atoms with Gasteiger partial charge in [0.15, 0.2) is 0 Å². The number of aryl methyl sites for hydroxylation is 4. The van der Waals surface area contributed by atoms with E-state index in [4.69, 9.17) is 0 Å². The van der Waals surface area contributed by atoms with Gasteiger partial charge in [-0.3, -0.25) is 0 Å². The Labute approximate surface area is 147 Å². The molecular weight excluding hydrogens is 386 g/mol. The molecule has 2 nitrogen and oxygen atoms in total. The third-order valence-electron chi connectivity index (χ3n) is 3.95. The Hall–Kier alpha value is -1.42. The van der Waals surface area contributed by atoms with Gasteiger partial charge in [0, 0.05) is 9.75 Å². The van der Waals surface area contributed by atoms with E-state index in [1.54, 1.807) is 0 Å². The molecule has 0 spiro atoms. The van der Waals surface area contributed by atoms with Crippen molar-refractivity contribution in [2.75, 3.05) is 0 Å². The molecule has 0 amide bonds. The van der Waals surface area contributed by atoms with Crippen molar-refractivity contribution in [2.24, 2.45) is 0 Å². The first-order valence-electron chi connectivity index (χ1n) is 7.09. The summed E-state index contributed by atoms with van der Waals surface area (Å²) in [7, 11) is 0. The molecule has 0 saturated carbocycles. The molecule has 136 valence electrons. The lowest BCUT2D eigenvalue weighted by atomic mass is 10.0. The van der Waals surface area contributed by atoms with E-state index >= 15 is 0 Å². The first-order valence-corrected chi connectivity index (χ1v) is 8.73. The lowest BCUT2D eigenvalue weighted by Gasteiger charge is -2.25. The summed E-state index contributed by atoms with van der Waals surface area (Å²) in [5, 5.41) is 0.639. The third-order valence-corrected chi connectivity index (χ3v) is 5.72. The molecule has 10 heteroatoms. The van der Waals surface area contributed by atoms with Crippen LogP contribution in [0.25, 0.3) is 11.1 Å². The summed E-state index contributed by atoms with van der Waals surface area (Å²) in [5.41, 5.74) is -3.91. The monoisotopic (exact) mass is 398 g/mol. The topological polar surface area (TPSA) is 25.8 Å². The Kier molecular flexibility index (Phi) is 3.89. The maximum Gasteiger partial charge on any atom is 0.380 e. The van der Waals surface area contributed by atoms with Crippen molar-refractivity contribution in [3.05, 3.63) is 31.2 Å². The van der Waals surface area contributed by atoms with Crippen LogP contribution >= 0.6 is 22.7 Å². The molecule has 0 unspecified atom stereocenters. The molecule has 3 rings (SSSR count). The van der Waals surface area contributed by atoms with Crippen molar-refractivity contribution < 1.29 is 26.3 Å². The molecule has 0 radical (unpaired) electrons. The van der Waals surface area contributed by atoms with Gasteiger partial charge in [0.05, 0.1) is 32.5 Å². The number of rotatable bonds is 2. The molecule has 1 aliphatic rings. The summed E-state index contributed by atoms with van der Waals surface area (Å²) < 4.78 is 86.1. The van der Waals surface area contributed by atoms with Crippen LogP contribution in [0.15, 0.2) is 0 Å². The fraction of sp³-hybridized carbons (Fsp3) is 0.467. The van der Waals surface area contributed by atoms with Gasteiger partial charge in [-0.05, 0) is 27.7 Å². The van der Waals surface area contributed by atoms with Gasteiger partial charge in [-0.2, -0.15) is 26.3 Å². The summed E-state index contributed by atoms with van der Waals surface area (Å²) >= 11 is 1.96. The molecule has 0 atom stereocenters. The van der Waals surface area contributed by atoms with Gasteiger partial charge in [0.2, 0.25) is 0 Å². The number of hydrogen-bond acceptors (Lipinski definition) is 4. The fourth-order valence-electron chi connectivity index (χ4n) is 2.88. The minimum absolute atomic E-state index is 0.169. The van der Waals surface area contributed by atoms with Crippen molar-refractivity contribution in [1.29, 1.82) is 0 Å². The molecule has 2 aromatic rings. The zero-order valence-corrected chi connectivity index (χ0v) is 15.1. The second-order valence-electron chi connectivity index (χ2n) is 5.75. The molecule has 0 fully saturated rings. The molecule has 2 heterocycles. The van der Waals surface area contributed by atoms with Gasteiger partial charge in [-0.15, -0.1) is 22.7 Å². The predicted molar refractivity (Wildman–Crippen MR) is 84.8 cm³/mol. The predicted octanol–water partition coefficient (Wildman–Crippen LogP) is 5.66. The minimum atomic E-state index is -5.57. The molecule has 1 aliphatic carbocycles. The first-order chi connectivity index (χ1) is 11.3. The molecule has 0 bridgehead atoms. The highest BCUT2D eigenvalue weighted by Gasteiger charge is 2.81. The molecular formula is C15H12F6N2S2. The van der Waals surface area contributed by atoms with Gasteiger partial charge in [-0.1, -0.05) is 0 Å². The average molecular weight is 398 g/mol. The van der Waals surface area contributed by atoms with Crippen molar-refractivity contribution in [3.8, 4) is 0 Å². The standard InChI is InChI=1S/C15H12F6N2S2/c1-5-11(22-7(3)24-5)9-10(12-6(2)25-8(4)23-12)14(18,19)15(20,21)13(9,16)17/h1-4H3. The largest absolute Gasteiger partial charge is 0.380 e. The summed E-state index contributed by atoms with van der Waals surface area (Å²) in [6.07, 6.45) is 0. The maximum atomic E-state index is 14.5. The van der Waals surface area contributed by atoms with E-state index in [1.165, 1.54) is 27.7 Å². The Balaban J connectivity index is 2.46. The van der Waals surface area contributed by atoms with Crippen LogP contribution in [0.2, 0.25) is 0 Å².